The van der Waals surface area contributed by atoms with Crippen molar-refractivity contribution in [3.63, 3.8) is 0 Å². The van der Waals surface area contributed by atoms with Crippen molar-refractivity contribution in [1.29, 1.82) is 0 Å². The lowest BCUT2D eigenvalue weighted by atomic mass is 10.0. The quantitative estimate of drug-likeness (QED) is 0.721. The summed E-state index contributed by atoms with van der Waals surface area (Å²) < 4.78 is 0. The van der Waals surface area contributed by atoms with Gasteiger partial charge >= 0.3 is 0 Å². The number of rotatable bonds is 4. The first-order chi connectivity index (χ1) is 12.4. The molecule has 1 aliphatic rings. The highest BCUT2D eigenvalue weighted by atomic mass is 35.5. The van der Waals surface area contributed by atoms with Gasteiger partial charge in [-0.25, -0.2) is 4.98 Å². The molecule has 1 amide bonds. The van der Waals surface area contributed by atoms with E-state index >= 15 is 0 Å². The molecular weight excluding hydrogens is 369 g/mol. The summed E-state index contributed by atoms with van der Waals surface area (Å²) in [5.74, 6) is 0.577. The highest BCUT2D eigenvalue weighted by molar-refractivity contribution is 6.32. The first kappa shape index (κ1) is 19.2. The van der Waals surface area contributed by atoms with Crippen LogP contribution in [0.1, 0.15) is 41.3 Å². The summed E-state index contributed by atoms with van der Waals surface area (Å²) in [5, 5.41) is 0.817. The SMILES string of the molecule is CC(C)c1ccc(C(=O)N2CCN(Cc3cc(Cl)nc(Cl)c3)CC2)cc1. The Balaban J connectivity index is 1.56. The van der Waals surface area contributed by atoms with Crippen molar-refractivity contribution in [2.24, 2.45) is 0 Å². The maximum Gasteiger partial charge on any atom is 0.253 e. The summed E-state index contributed by atoms with van der Waals surface area (Å²) in [6.07, 6.45) is 0. The molecule has 1 fully saturated rings. The minimum atomic E-state index is 0.106. The number of piperazine rings is 1. The zero-order valence-electron chi connectivity index (χ0n) is 15.1. The van der Waals surface area contributed by atoms with Crippen LogP contribution in [0.3, 0.4) is 0 Å². The van der Waals surface area contributed by atoms with Crippen molar-refractivity contribution in [1.82, 2.24) is 14.8 Å². The van der Waals surface area contributed by atoms with E-state index in [9.17, 15) is 4.79 Å². The predicted molar refractivity (Wildman–Crippen MR) is 106 cm³/mol. The number of carbonyl (C=O) groups excluding carboxylic acids is 1. The minimum Gasteiger partial charge on any atom is -0.336 e. The van der Waals surface area contributed by atoms with Crippen LogP contribution in [-0.2, 0) is 6.54 Å². The maximum absolute atomic E-state index is 12.7. The number of hydrogen-bond donors (Lipinski definition) is 0. The summed E-state index contributed by atoms with van der Waals surface area (Å²) in [5.41, 5.74) is 3.05. The Bertz CT molecular complexity index is 749. The van der Waals surface area contributed by atoms with Crippen LogP contribution in [0.4, 0.5) is 0 Å². The van der Waals surface area contributed by atoms with E-state index in [-0.39, 0.29) is 5.91 Å². The van der Waals surface area contributed by atoms with Crippen LogP contribution >= 0.6 is 23.2 Å². The summed E-state index contributed by atoms with van der Waals surface area (Å²) in [4.78, 5) is 20.9. The molecule has 1 aromatic carbocycles. The maximum atomic E-state index is 12.7. The number of aromatic nitrogens is 1. The standard InChI is InChI=1S/C20H23Cl2N3O/c1-14(2)16-3-5-17(6-4-16)20(26)25-9-7-24(8-10-25)13-15-11-18(21)23-19(22)12-15/h3-6,11-12,14H,7-10,13H2,1-2H3. The fourth-order valence-electron chi connectivity index (χ4n) is 3.17. The van der Waals surface area contributed by atoms with Gasteiger partial charge in [-0.1, -0.05) is 49.2 Å². The predicted octanol–water partition coefficient (Wildman–Crippen LogP) is 4.47. The molecule has 3 rings (SSSR count). The Morgan fingerprint density at radius 2 is 1.62 bits per heavy atom. The summed E-state index contributed by atoms with van der Waals surface area (Å²) >= 11 is 11.9. The van der Waals surface area contributed by atoms with E-state index in [2.05, 4.69) is 23.7 Å². The highest BCUT2D eigenvalue weighted by Crippen LogP contribution is 2.19. The van der Waals surface area contributed by atoms with Gasteiger partial charge in [0.2, 0.25) is 0 Å². The fraction of sp³-hybridized carbons (Fsp3) is 0.400. The zero-order valence-corrected chi connectivity index (χ0v) is 16.6. The minimum absolute atomic E-state index is 0.106. The molecule has 0 spiro atoms. The van der Waals surface area contributed by atoms with Crippen LogP contribution in [-0.4, -0.2) is 46.9 Å². The molecule has 1 saturated heterocycles. The lowest BCUT2D eigenvalue weighted by Crippen LogP contribution is -2.48. The molecule has 0 radical (unpaired) electrons. The van der Waals surface area contributed by atoms with Gasteiger partial charge in [-0.15, -0.1) is 0 Å². The molecule has 0 saturated carbocycles. The van der Waals surface area contributed by atoms with Crippen molar-refractivity contribution < 1.29 is 4.79 Å². The Kier molecular flexibility index (Phi) is 6.17. The topological polar surface area (TPSA) is 36.4 Å². The first-order valence-electron chi connectivity index (χ1n) is 8.86. The number of halogens is 2. The number of benzene rings is 1. The zero-order chi connectivity index (χ0) is 18.7. The van der Waals surface area contributed by atoms with E-state index < -0.39 is 0 Å². The normalized spacial score (nSPS) is 15.5. The average molecular weight is 392 g/mol. The van der Waals surface area contributed by atoms with Crippen molar-refractivity contribution in [2.75, 3.05) is 26.2 Å². The summed E-state index contributed by atoms with van der Waals surface area (Å²) in [6, 6.07) is 11.6. The third-order valence-electron chi connectivity index (χ3n) is 4.71. The third kappa shape index (κ3) is 4.76. The van der Waals surface area contributed by atoms with Crippen LogP contribution < -0.4 is 0 Å². The molecule has 0 bridgehead atoms. The second-order valence-corrected chi connectivity index (χ2v) is 7.74. The van der Waals surface area contributed by atoms with Gasteiger partial charge < -0.3 is 4.90 Å². The Morgan fingerprint density at radius 1 is 1.04 bits per heavy atom. The molecule has 0 atom stereocenters. The molecule has 4 nitrogen and oxygen atoms in total. The monoisotopic (exact) mass is 391 g/mol. The molecule has 1 aromatic heterocycles. The van der Waals surface area contributed by atoms with Crippen LogP contribution in [0.25, 0.3) is 0 Å². The smallest absolute Gasteiger partial charge is 0.253 e. The second-order valence-electron chi connectivity index (χ2n) is 6.97. The summed E-state index contributed by atoms with van der Waals surface area (Å²) in [6.45, 7) is 8.15. The van der Waals surface area contributed by atoms with E-state index in [0.29, 0.717) is 16.2 Å². The van der Waals surface area contributed by atoms with Crippen molar-refractivity contribution in [2.45, 2.75) is 26.3 Å². The van der Waals surface area contributed by atoms with Gasteiger partial charge in [-0.05, 0) is 41.3 Å². The van der Waals surface area contributed by atoms with Gasteiger partial charge in [0.15, 0.2) is 0 Å². The van der Waals surface area contributed by atoms with Crippen LogP contribution in [0.2, 0.25) is 10.3 Å². The lowest BCUT2D eigenvalue weighted by molar-refractivity contribution is 0.0628. The highest BCUT2D eigenvalue weighted by Gasteiger charge is 2.22. The van der Waals surface area contributed by atoms with E-state index in [4.69, 9.17) is 23.2 Å². The van der Waals surface area contributed by atoms with Crippen LogP contribution in [0, 0.1) is 0 Å². The molecule has 0 aliphatic carbocycles. The van der Waals surface area contributed by atoms with Crippen LogP contribution in [0.5, 0.6) is 0 Å². The molecule has 0 unspecified atom stereocenters. The van der Waals surface area contributed by atoms with Gasteiger partial charge in [0.05, 0.1) is 0 Å². The Morgan fingerprint density at radius 3 is 2.15 bits per heavy atom. The van der Waals surface area contributed by atoms with Gasteiger partial charge in [0, 0.05) is 38.3 Å². The van der Waals surface area contributed by atoms with Crippen molar-refractivity contribution >= 4 is 29.1 Å². The van der Waals surface area contributed by atoms with Gasteiger partial charge in [0.25, 0.3) is 5.91 Å². The van der Waals surface area contributed by atoms with Crippen molar-refractivity contribution in [3.05, 3.63) is 63.4 Å². The van der Waals surface area contributed by atoms with E-state index in [0.717, 1.165) is 43.9 Å². The number of pyridine rings is 1. The molecule has 26 heavy (non-hydrogen) atoms. The molecule has 1 aliphatic heterocycles. The van der Waals surface area contributed by atoms with Gasteiger partial charge in [-0.3, -0.25) is 9.69 Å². The Hall–Kier alpha value is -1.62. The molecular formula is C20H23Cl2N3O. The molecule has 6 heteroatoms. The summed E-state index contributed by atoms with van der Waals surface area (Å²) in [7, 11) is 0. The van der Waals surface area contributed by atoms with E-state index in [1.165, 1.54) is 5.56 Å². The van der Waals surface area contributed by atoms with Gasteiger partial charge in [0.1, 0.15) is 10.3 Å². The number of nitrogens with zero attached hydrogens (tertiary/aromatic N) is 3. The average Bonchev–Trinajstić information content (AvgIpc) is 2.61. The van der Waals surface area contributed by atoms with E-state index in [1.54, 1.807) is 0 Å². The number of hydrogen-bond acceptors (Lipinski definition) is 3. The first-order valence-corrected chi connectivity index (χ1v) is 9.61. The molecule has 138 valence electrons. The number of amides is 1. The van der Waals surface area contributed by atoms with Crippen LogP contribution in [0.15, 0.2) is 36.4 Å². The number of carbonyl (C=O) groups is 1. The van der Waals surface area contributed by atoms with Crippen molar-refractivity contribution in [3.8, 4) is 0 Å². The Labute approximate surface area is 164 Å². The molecule has 2 aromatic rings. The van der Waals surface area contributed by atoms with Gasteiger partial charge in [-0.2, -0.15) is 0 Å². The second kappa shape index (κ2) is 8.38. The third-order valence-corrected chi connectivity index (χ3v) is 5.10. The lowest BCUT2D eigenvalue weighted by Gasteiger charge is -2.34. The van der Waals surface area contributed by atoms with E-state index in [1.807, 2.05) is 41.3 Å². The molecule has 2 heterocycles. The largest absolute Gasteiger partial charge is 0.336 e. The molecule has 0 N–H and O–H groups in total. The fourth-order valence-corrected chi connectivity index (χ4v) is 3.67.